The Kier molecular flexibility index (Phi) is 6.63. The molecule has 0 bridgehead atoms. The third-order valence-corrected chi connectivity index (χ3v) is 4.21. The van der Waals surface area contributed by atoms with E-state index < -0.39 is 15.9 Å². The van der Waals surface area contributed by atoms with E-state index >= 15 is 0 Å². The molecular weight excluding hydrogens is 278 g/mol. The van der Waals surface area contributed by atoms with Gasteiger partial charge in [-0.2, -0.15) is 0 Å². The van der Waals surface area contributed by atoms with E-state index in [0.717, 1.165) is 18.4 Å². The Hall–Kier alpha value is -1.44. The predicted octanol–water partition coefficient (Wildman–Crippen LogP) is 0.469. The average molecular weight is 299 g/mol. The smallest absolute Gasteiger partial charge is 0.264 e. The lowest BCUT2D eigenvalue weighted by molar-refractivity contribution is -0.119. The lowest BCUT2D eigenvalue weighted by atomic mass is 10.2. The monoisotopic (exact) mass is 299 g/mol. The molecule has 0 aliphatic carbocycles. The van der Waals surface area contributed by atoms with Crippen LogP contribution in [0.5, 0.6) is 0 Å². The normalized spacial score (nSPS) is 11.3. The summed E-state index contributed by atoms with van der Waals surface area (Å²) in [6.45, 7) is 0.918. The number of rotatable bonds is 8. The number of hydrogen-bond donors (Lipinski definition) is 3. The van der Waals surface area contributed by atoms with Crippen molar-refractivity contribution in [1.29, 1.82) is 0 Å². The fraction of sp³-hybridized carbons (Fsp3) is 0.462. The van der Waals surface area contributed by atoms with Gasteiger partial charge in [-0.05, 0) is 37.1 Å². The van der Waals surface area contributed by atoms with Gasteiger partial charge >= 0.3 is 0 Å². The van der Waals surface area contributed by atoms with E-state index in [9.17, 15) is 13.2 Å². The van der Waals surface area contributed by atoms with Gasteiger partial charge in [0.05, 0.1) is 4.90 Å². The Morgan fingerprint density at radius 3 is 2.25 bits per heavy atom. The first kappa shape index (κ1) is 16.6. The largest absolute Gasteiger partial charge is 0.330 e. The number of benzene rings is 1. The Morgan fingerprint density at radius 1 is 1.05 bits per heavy atom. The third-order valence-electron chi connectivity index (χ3n) is 2.83. The summed E-state index contributed by atoms with van der Waals surface area (Å²) in [6, 6.07) is 6.12. The first-order valence-corrected chi connectivity index (χ1v) is 8.02. The first-order chi connectivity index (χ1) is 9.49. The molecule has 0 radical (unpaired) electrons. The van der Waals surface area contributed by atoms with E-state index in [-0.39, 0.29) is 11.3 Å². The topological polar surface area (TPSA) is 115 Å². The molecule has 0 aliphatic rings. The van der Waals surface area contributed by atoms with E-state index in [2.05, 4.69) is 4.72 Å². The number of carbonyl (C=O) groups excluding carboxylic acids is 1. The van der Waals surface area contributed by atoms with E-state index in [4.69, 9.17) is 11.5 Å². The molecule has 1 amide bonds. The molecule has 0 spiro atoms. The van der Waals surface area contributed by atoms with Crippen LogP contribution in [-0.4, -0.2) is 20.9 Å². The Balaban J connectivity index is 2.57. The summed E-state index contributed by atoms with van der Waals surface area (Å²) in [5.41, 5.74) is 11.6. The molecule has 0 fully saturated rings. The van der Waals surface area contributed by atoms with E-state index in [1.807, 2.05) is 0 Å². The molecule has 6 nitrogen and oxygen atoms in total. The molecule has 0 saturated heterocycles. The van der Waals surface area contributed by atoms with Crippen LogP contribution >= 0.6 is 0 Å². The molecule has 0 atom stereocenters. The van der Waals surface area contributed by atoms with Crippen molar-refractivity contribution in [2.75, 3.05) is 6.54 Å². The number of amides is 1. The minimum Gasteiger partial charge on any atom is -0.330 e. The number of nitrogens with two attached hydrogens (primary N) is 2. The highest BCUT2D eigenvalue weighted by molar-refractivity contribution is 7.90. The van der Waals surface area contributed by atoms with Gasteiger partial charge in [0.15, 0.2) is 0 Å². The number of unbranched alkanes of at least 4 members (excludes halogenated alkanes) is 2. The van der Waals surface area contributed by atoms with E-state index in [1.54, 1.807) is 12.1 Å². The molecule has 1 rings (SSSR count). The number of sulfonamides is 1. The molecule has 0 unspecified atom stereocenters. The van der Waals surface area contributed by atoms with Gasteiger partial charge in [-0.15, -0.1) is 0 Å². The zero-order valence-corrected chi connectivity index (χ0v) is 12.2. The lowest BCUT2D eigenvalue weighted by Gasteiger charge is -2.07. The zero-order valence-electron chi connectivity index (χ0n) is 11.3. The van der Waals surface area contributed by atoms with Crippen molar-refractivity contribution in [3.63, 3.8) is 0 Å². The van der Waals surface area contributed by atoms with Crippen LogP contribution in [0.3, 0.4) is 0 Å². The summed E-state index contributed by atoms with van der Waals surface area (Å²) in [7, 11) is -3.79. The van der Waals surface area contributed by atoms with Crippen LogP contribution in [0.2, 0.25) is 0 Å². The Bertz CT molecular complexity index is 526. The second-order valence-corrected chi connectivity index (χ2v) is 6.16. The minimum atomic E-state index is -3.79. The van der Waals surface area contributed by atoms with Crippen molar-refractivity contribution < 1.29 is 13.2 Å². The van der Waals surface area contributed by atoms with Gasteiger partial charge in [-0.1, -0.05) is 18.6 Å². The molecule has 0 saturated carbocycles. The van der Waals surface area contributed by atoms with Crippen molar-refractivity contribution in [3.8, 4) is 0 Å². The van der Waals surface area contributed by atoms with E-state index in [0.29, 0.717) is 19.5 Å². The summed E-state index contributed by atoms with van der Waals surface area (Å²) < 4.78 is 26.0. The average Bonchev–Trinajstić information content (AvgIpc) is 2.43. The fourth-order valence-corrected chi connectivity index (χ4v) is 2.69. The minimum absolute atomic E-state index is 0.0602. The zero-order chi connectivity index (χ0) is 15.0. The Labute approximate surface area is 119 Å². The maximum Gasteiger partial charge on any atom is 0.264 e. The molecule has 1 aromatic carbocycles. The van der Waals surface area contributed by atoms with Crippen molar-refractivity contribution >= 4 is 15.9 Å². The van der Waals surface area contributed by atoms with Crippen molar-refractivity contribution in [2.45, 2.75) is 37.1 Å². The standard InChI is InChI=1S/C13H21N3O3S/c14-9-3-1-2-4-13(17)16-20(18,19)12-7-5-11(10-15)6-8-12/h5-8H,1-4,9-10,14-15H2,(H,16,17). The molecule has 0 aromatic heterocycles. The van der Waals surface area contributed by atoms with Gasteiger partial charge in [0.2, 0.25) is 5.91 Å². The van der Waals surface area contributed by atoms with E-state index in [1.165, 1.54) is 12.1 Å². The van der Waals surface area contributed by atoms with Crippen molar-refractivity contribution in [3.05, 3.63) is 29.8 Å². The Morgan fingerprint density at radius 2 is 1.70 bits per heavy atom. The maximum atomic E-state index is 11.9. The fourth-order valence-electron chi connectivity index (χ4n) is 1.67. The summed E-state index contributed by atoms with van der Waals surface area (Å²) in [6.07, 6.45) is 2.46. The summed E-state index contributed by atoms with van der Waals surface area (Å²) in [4.78, 5) is 11.6. The van der Waals surface area contributed by atoms with Crippen LogP contribution in [0.25, 0.3) is 0 Å². The molecule has 5 N–H and O–H groups in total. The van der Waals surface area contributed by atoms with Crippen LogP contribution in [-0.2, 0) is 21.4 Å². The predicted molar refractivity (Wildman–Crippen MR) is 77.2 cm³/mol. The van der Waals surface area contributed by atoms with Crippen molar-refractivity contribution in [2.24, 2.45) is 11.5 Å². The summed E-state index contributed by atoms with van der Waals surface area (Å²) in [5.74, 6) is -0.495. The highest BCUT2D eigenvalue weighted by Gasteiger charge is 2.16. The highest BCUT2D eigenvalue weighted by atomic mass is 32.2. The van der Waals surface area contributed by atoms with Crippen molar-refractivity contribution in [1.82, 2.24) is 4.72 Å². The third kappa shape index (κ3) is 5.28. The quantitative estimate of drug-likeness (QED) is 0.603. The molecule has 20 heavy (non-hydrogen) atoms. The van der Waals surface area contributed by atoms with Gasteiger partial charge < -0.3 is 11.5 Å². The summed E-state index contributed by atoms with van der Waals surface area (Å²) in [5, 5.41) is 0. The number of hydrogen-bond acceptors (Lipinski definition) is 5. The van der Waals surface area contributed by atoms with Gasteiger partial charge in [-0.25, -0.2) is 13.1 Å². The maximum absolute atomic E-state index is 11.9. The molecule has 7 heteroatoms. The molecule has 112 valence electrons. The van der Waals surface area contributed by atoms with Gasteiger partial charge in [-0.3, -0.25) is 4.79 Å². The first-order valence-electron chi connectivity index (χ1n) is 6.54. The second-order valence-electron chi connectivity index (χ2n) is 4.48. The van der Waals surface area contributed by atoms with Gasteiger partial charge in [0, 0.05) is 13.0 Å². The number of nitrogens with one attached hydrogen (secondary N) is 1. The van der Waals surface area contributed by atoms with Crippen LogP contribution in [0.4, 0.5) is 0 Å². The SMILES string of the molecule is NCCCCCC(=O)NS(=O)(=O)c1ccc(CN)cc1. The molecule has 1 aromatic rings. The van der Waals surface area contributed by atoms with Crippen LogP contribution in [0.1, 0.15) is 31.2 Å². The van der Waals surface area contributed by atoms with Gasteiger partial charge in [0.25, 0.3) is 10.0 Å². The molecule has 0 heterocycles. The molecule has 0 aliphatic heterocycles. The van der Waals surface area contributed by atoms with Gasteiger partial charge in [0.1, 0.15) is 0 Å². The van der Waals surface area contributed by atoms with Crippen LogP contribution < -0.4 is 16.2 Å². The lowest BCUT2D eigenvalue weighted by Crippen LogP contribution is -2.30. The highest BCUT2D eigenvalue weighted by Crippen LogP contribution is 2.10. The van der Waals surface area contributed by atoms with Crippen LogP contribution in [0.15, 0.2) is 29.2 Å². The summed E-state index contributed by atoms with van der Waals surface area (Å²) >= 11 is 0. The molecular formula is C13H21N3O3S. The van der Waals surface area contributed by atoms with Crippen LogP contribution in [0, 0.1) is 0 Å². The number of carbonyl (C=O) groups is 1. The second kappa shape index (κ2) is 7.98.